The Morgan fingerprint density at radius 1 is 1.19 bits per heavy atom. The number of carbonyl (C=O) groups is 1. The molecule has 9 heteroatoms. The molecule has 0 atom stereocenters. The van der Waals surface area contributed by atoms with Crippen molar-refractivity contribution in [2.75, 3.05) is 17.2 Å². The number of amides is 1. The third-order valence-electron chi connectivity index (χ3n) is 5.43. The van der Waals surface area contributed by atoms with Crippen LogP contribution >= 0.6 is 11.6 Å². The monoisotopic (exact) mass is 513 g/mol. The van der Waals surface area contributed by atoms with Crippen LogP contribution in [-0.4, -0.2) is 22.5 Å². The first-order chi connectivity index (χ1) is 17.9. The van der Waals surface area contributed by atoms with E-state index in [0.29, 0.717) is 62.4 Å². The van der Waals surface area contributed by atoms with Crippen LogP contribution in [0.5, 0.6) is 11.5 Å². The molecule has 37 heavy (non-hydrogen) atoms. The fourth-order valence-electron chi connectivity index (χ4n) is 3.71. The summed E-state index contributed by atoms with van der Waals surface area (Å²) >= 11 is 6.50. The van der Waals surface area contributed by atoms with Crippen molar-refractivity contribution >= 4 is 45.5 Å². The average molecular weight is 514 g/mol. The molecule has 0 saturated heterocycles. The number of nitrogens with one attached hydrogen (secondary N) is 2. The second kappa shape index (κ2) is 11.4. The number of pyridine rings is 2. The van der Waals surface area contributed by atoms with Crippen molar-refractivity contribution < 1.29 is 14.3 Å². The third kappa shape index (κ3) is 5.80. The zero-order chi connectivity index (χ0) is 26.4. The van der Waals surface area contributed by atoms with Crippen molar-refractivity contribution in [3.05, 3.63) is 89.4 Å². The van der Waals surface area contributed by atoms with Crippen LogP contribution in [0.4, 0.5) is 17.1 Å². The van der Waals surface area contributed by atoms with Crippen LogP contribution in [0.2, 0.25) is 5.02 Å². The third-order valence-corrected chi connectivity index (χ3v) is 5.72. The Bertz CT molecular complexity index is 1520. The second-order valence-corrected chi connectivity index (χ2v) is 8.34. The topological polar surface area (TPSA) is 109 Å². The number of fused-ring (bicyclic) bond motifs is 1. The van der Waals surface area contributed by atoms with Gasteiger partial charge in [0.15, 0.2) is 0 Å². The highest BCUT2D eigenvalue weighted by Gasteiger charge is 2.18. The molecule has 0 saturated carbocycles. The van der Waals surface area contributed by atoms with Gasteiger partial charge in [0.1, 0.15) is 24.2 Å². The normalized spacial score (nSPS) is 10.4. The molecule has 1 amide bonds. The number of nitrogens with zero attached hydrogens (tertiary/aromatic N) is 3. The Labute approximate surface area is 219 Å². The average Bonchev–Trinajstić information content (AvgIpc) is 2.89. The first-order valence-corrected chi connectivity index (χ1v) is 11.8. The van der Waals surface area contributed by atoms with Gasteiger partial charge in [-0.3, -0.25) is 14.8 Å². The maximum Gasteiger partial charge on any atom is 0.247 e. The molecular formula is C28H24ClN5O3. The van der Waals surface area contributed by atoms with Gasteiger partial charge in [-0.25, -0.2) is 0 Å². The molecule has 0 fully saturated rings. The summed E-state index contributed by atoms with van der Waals surface area (Å²) < 4.78 is 11.5. The largest absolute Gasteiger partial charge is 0.492 e. The van der Waals surface area contributed by atoms with E-state index in [0.717, 1.165) is 5.69 Å². The highest BCUT2D eigenvalue weighted by Crippen LogP contribution is 2.38. The lowest BCUT2D eigenvalue weighted by Gasteiger charge is -2.17. The summed E-state index contributed by atoms with van der Waals surface area (Å²) in [7, 11) is 0. The van der Waals surface area contributed by atoms with Gasteiger partial charge in [0, 0.05) is 23.3 Å². The molecule has 2 aromatic heterocycles. The lowest BCUT2D eigenvalue weighted by Crippen LogP contribution is -2.10. The standard InChI is InChI=1S/C28H24ClN5O3/c1-4-27(35)34-24-13-20-23(14-26(24)36-5-2)32-17(3)21(15-30)28(20)33-18-9-10-25(22(29)12-18)37-16-19-8-6-7-11-31-19/h4,6-14H,1,5,16H2,2-3H3,(H,32,33)(H,34,35). The van der Waals surface area contributed by atoms with Crippen LogP contribution in [0.1, 0.15) is 23.9 Å². The Hall–Kier alpha value is -4.61. The first-order valence-electron chi connectivity index (χ1n) is 11.5. The van der Waals surface area contributed by atoms with Crippen molar-refractivity contribution in [3.8, 4) is 17.6 Å². The highest BCUT2D eigenvalue weighted by molar-refractivity contribution is 6.32. The lowest BCUT2D eigenvalue weighted by molar-refractivity contribution is -0.111. The van der Waals surface area contributed by atoms with Crippen LogP contribution in [-0.2, 0) is 11.4 Å². The maximum atomic E-state index is 12.0. The number of hydrogen-bond acceptors (Lipinski definition) is 7. The van der Waals surface area contributed by atoms with E-state index >= 15 is 0 Å². The van der Waals surface area contributed by atoms with Crippen molar-refractivity contribution in [2.24, 2.45) is 0 Å². The molecular weight excluding hydrogens is 490 g/mol. The molecule has 0 bridgehead atoms. The van der Waals surface area contributed by atoms with Crippen LogP contribution < -0.4 is 20.1 Å². The zero-order valence-electron chi connectivity index (χ0n) is 20.3. The van der Waals surface area contributed by atoms with Gasteiger partial charge in [0.05, 0.1) is 45.5 Å². The summed E-state index contributed by atoms with van der Waals surface area (Å²) in [5.74, 6) is 0.582. The summed E-state index contributed by atoms with van der Waals surface area (Å²) in [6.45, 7) is 7.79. The molecule has 0 spiro atoms. The Morgan fingerprint density at radius 3 is 2.70 bits per heavy atom. The molecule has 4 aromatic rings. The van der Waals surface area contributed by atoms with Gasteiger partial charge in [-0.2, -0.15) is 5.26 Å². The first kappa shape index (κ1) is 25.5. The Kier molecular flexibility index (Phi) is 7.86. The summed E-state index contributed by atoms with van der Waals surface area (Å²) in [4.78, 5) is 20.9. The predicted octanol–water partition coefficient (Wildman–Crippen LogP) is 6.31. The van der Waals surface area contributed by atoms with Gasteiger partial charge in [-0.15, -0.1) is 0 Å². The summed E-state index contributed by atoms with van der Waals surface area (Å²) in [6.07, 6.45) is 2.87. The van der Waals surface area contributed by atoms with Crippen molar-refractivity contribution in [1.82, 2.24) is 9.97 Å². The van der Waals surface area contributed by atoms with E-state index in [-0.39, 0.29) is 12.5 Å². The van der Waals surface area contributed by atoms with Gasteiger partial charge in [-0.05, 0) is 56.3 Å². The highest BCUT2D eigenvalue weighted by atomic mass is 35.5. The molecule has 0 aliphatic carbocycles. The molecule has 0 unspecified atom stereocenters. The quantitative estimate of drug-likeness (QED) is 0.252. The molecule has 8 nitrogen and oxygen atoms in total. The minimum absolute atomic E-state index is 0.279. The van der Waals surface area contributed by atoms with Gasteiger partial charge in [0.25, 0.3) is 0 Å². The van der Waals surface area contributed by atoms with E-state index in [9.17, 15) is 10.1 Å². The van der Waals surface area contributed by atoms with Crippen LogP contribution in [0.25, 0.3) is 10.9 Å². The number of nitriles is 1. The number of aromatic nitrogens is 2. The van der Waals surface area contributed by atoms with Gasteiger partial charge >= 0.3 is 0 Å². The zero-order valence-corrected chi connectivity index (χ0v) is 21.1. The number of halogens is 1. The van der Waals surface area contributed by atoms with Crippen molar-refractivity contribution in [2.45, 2.75) is 20.5 Å². The molecule has 0 aliphatic heterocycles. The van der Waals surface area contributed by atoms with Gasteiger partial charge in [0.2, 0.25) is 5.91 Å². The smallest absolute Gasteiger partial charge is 0.247 e. The van der Waals surface area contributed by atoms with E-state index in [1.807, 2.05) is 25.1 Å². The number of anilines is 3. The van der Waals surface area contributed by atoms with Crippen molar-refractivity contribution in [1.29, 1.82) is 5.26 Å². The molecule has 0 radical (unpaired) electrons. The molecule has 186 valence electrons. The predicted molar refractivity (Wildman–Crippen MR) is 144 cm³/mol. The van der Waals surface area contributed by atoms with Crippen LogP contribution in [0.3, 0.4) is 0 Å². The number of rotatable bonds is 9. The maximum absolute atomic E-state index is 12.0. The van der Waals surface area contributed by atoms with Gasteiger partial charge in [-0.1, -0.05) is 24.2 Å². The fourth-order valence-corrected chi connectivity index (χ4v) is 3.95. The number of carbonyl (C=O) groups excluding carboxylic acids is 1. The van der Waals surface area contributed by atoms with Crippen LogP contribution in [0, 0.1) is 18.3 Å². The minimum atomic E-state index is -0.386. The SMILES string of the molecule is C=CC(=O)Nc1cc2c(Nc3ccc(OCc4ccccn4)c(Cl)c3)c(C#N)c(C)nc2cc1OCC. The Morgan fingerprint density at radius 2 is 2.03 bits per heavy atom. The van der Waals surface area contributed by atoms with E-state index < -0.39 is 0 Å². The van der Waals surface area contributed by atoms with E-state index in [2.05, 4.69) is 33.2 Å². The van der Waals surface area contributed by atoms with Crippen LogP contribution in [0.15, 0.2) is 67.4 Å². The number of benzene rings is 2. The van der Waals surface area contributed by atoms with E-state index in [4.69, 9.17) is 21.1 Å². The number of hydrogen-bond donors (Lipinski definition) is 2. The molecule has 4 rings (SSSR count). The Balaban J connectivity index is 1.72. The lowest BCUT2D eigenvalue weighted by atomic mass is 10.0. The fraction of sp³-hybridized carbons (Fsp3) is 0.143. The number of ether oxygens (including phenoxy) is 2. The molecule has 2 aromatic carbocycles. The van der Waals surface area contributed by atoms with Crippen molar-refractivity contribution in [3.63, 3.8) is 0 Å². The molecule has 0 aliphatic rings. The summed E-state index contributed by atoms with van der Waals surface area (Å²) in [5.41, 5.74) is 3.90. The summed E-state index contributed by atoms with van der Waals surface area (Å²) in [6, 6.07) is 16.5. The van der Waals surface area contributed by atoms with E-state index in [1.165, 1.54) is 6.08 Å². The molecule has 2 heterocycles. The summed E-state index contributed by atoms with van der Waals surface area (Å²) in [5, 5.41) is 17.0. The van der Waals surface area contributed by atoms with E-state index in [1.54, 1.807) is 43.5 Å². The minimum Gasteiger partial charge on any atom is -0.492 e. The van der Waals surface area contributed by atoms with Gasteiger partial charge < -0.3 is 20.1 Å². The second-order valence-electron chi connectivity index (χ2n) is 7.93. The number of aryl methyl sites for hydroxylation is 1. The molecule has 2 N–H and O–H groups in total.